The Morgan fingerprint density at radius 2 is 1.50 bits per heavy atom. The topological polar surface area (TPSA) is 63.1 Å². The number of ketones is 1. The Morgan fingerprint density at radius 3 is 2.25 bits per heavy atom. The van der Waals surface area contributed by atoms with Gasteiger partial charge >= 0.3 is 0 Å². The predicted octanol–water partition coefficient (Wildman–Crippen LogP) is 5.73. The van der Waals surface area contributed by atoms with Crippen LogP contribution in [-0.2, 0) is 6.42 Å². The van der Waals surface area contributed by atoms with E-state index in [-0.39, 0.29) is 28.3 Å². The monoisotopic (exact) mass is 408 g/mol. The number of hydrogen-bond donors (Lipinski definition) is 1. The quantitative estimate of drug-likeness (QED) is 0.437. The minimum Gasteiger partial charge on any atom is -0.508 e. The zero-order valence-electron chi connectivity index (χ0n) is 14.6. The maximum absolute atomic E-state index is 12.8. The molecule has 1 heterocycles. The highest BCUT2D eigenvalue weighted by Gasteiger charge is 2.12. The van der Waals surface area contributed by atoms with Crippen molar-refractivity contribution < 1.29 is 9.90 Å². The second kappa shape index (κ2) is 7.58. The van der Waals surface area contributed by atoms with E-state index in [4.69, 9.17) is 23.2 Å². The number of rotatable bonds is 4. The number of benzene rings is 3. The van der Waals surface area contributed by atoms with Crippen LogP contribution in [0.4, 0.5) is 0 Å². The molecular formula is C22H14Cl2N2O2. The number of halogens is 2. The molecule has 28 heavy (non-hydrogen) atoms. The number of phenolic OH excluding ortho intramolecular Hbond substituents is 1. The smallest absolute Gasteiger partial charge is 0.167 e. The van der Waals surface area contributed by atoms with Crippen LogP contribution in [0.5, 0.6) is 5.75 Å². The van der Waals surface area contributed by atoms with Crippen LogP contribution in [0.2, 0.25) is 10.3 Å². The third kappa shape index (κ3) is 3.70. The summed E-state index contributed by atoms with van der Waals surface area (Å²) in [6, 6.07) is 19.8. The van der Waals surface area contributed by atoms with Crippen LogP contribution in [0.15, 0.2) is 66.7 Å². The Balaban J connectivity index is 1.63. The number of aromatic hydroxyl groups is 1. The molecule has 0 atom stereocenters. The summed E-state index contributed by atoms with van der Waals surface area (Å²) in [5.41, 5.74) is 3.23. The van der Waals surface area contributed by atoms with Gasteiger partial charge in [-0.2, -0.15) is 0 Å². The molecule has 4 nitrogen and oxygen atoms in total. The molecular weight excluding hydrogens is 395 g/mol. The zero-order valence-corrected chi connectivity index (χ0v) is 16.1. The van der Waals surface area contributed by atoms with Gasteiger partial charge in [0.05, 0.1) is 0 Å². The predicted molar refractivity (Wildman–Crippen MR) is 111 cm³/mol. The van der Waals surface area contributed by atoms with Crippen molar-refractivity contribution in [2.75, 3.05) is 0 Å². The highest BCUT2D eigenvalue weighted by Crippen LogP contribution is 2.28. The first-order valence-corrected chi connectivity index (χ1v) is 9.30. The lowest BCUT2D eigenvalue weighted by molar-refractivity contribution is 0.0993. The van der Waals surface area contributed by atoms with Gasteiger partial charge in [-0.25, -0.2) is 0 Å². The molecule has 0 aliphatic rings. The summed E-state index contributed by atoms with van der Waals surface area (Å²) < 4.78 is 0. The average Bonchev–Trinajstić information content (AvgIpc) is 2.71. The number of carbonyl (C=O) groups is 1. The lowest BCUT2D eigenvalue weighted by atomic mass is 9.97. The van der Waals surface area contributed by atoms with Gasteiger partial charge in [0.15, 0.2) is 16.1 Å². The van der Waals surface area contributed by atoms with Gasteiger partial charge in [-0.1, -0.05) is 71.7 Å². The summed E-state index contributed by atoms with van der Waals surface area (Å²) in [7, 11) is 0. The minimum absolute atomic E-state index is 0.0426. The summed E-state index contributed by atoms with van der Waals surface area (Å²) in [6.07, 6.45) is 0.238. The van der Waals surface area contributed by atoms with Gasteiger partial charge in [0.2, 0.25) is 0 Å². The van der Waals surface area contributed by atoms with Crippen molar-refractivity contribution >= 4 is 39.8 Å². The molecule has 0 bridgehead atoms. The van der Waals surface area contributed by atoms with Crippen molar-refractivity contribution in [3.05, 3.63) is 88.2 Å². The largest absolute Gasteiger partial charge is 0.508 e. The fourth-order valence-corrected chi connectivity index (χ4v) is 3.49. The van der Waals surface area contributed by atoms with Crippen molar-refractivity contribution in [2.24, 2.45) is 0 Å². The van der Waals surface area contributed by atoms with Crippen molar-refractivity contribution in [2.45, 2.75) is 6.42 Å². The van der Waals surface area contributed by atoms with Crippen LogP contribution in [0.1, 0.15) is 15.9 Å². The summed E-state index contributed by atoms with van der Waals surface area (Å²) in [5, 5.41) is 19.0. The zero-order chi connectivity index (χ0) is 19.7. The van der Waals surface area contributed by atoms with Crippen molar-refractivity contribution in [3.63, 3.8) is 0 Å². The van der Waals surface area contributed by atoms with Crippen LogP contribution in [0.3, 0.4) is 0 Å². The first-order valence-electron chi connectivity index (χ1n) is 8.54. The van der Waals surface area contributed by atoms with E-state index in [0.29, 0.717) is 16.3 Å². The third-order valence-corrected chi connectivity index (χ3v) is 5.04. The Labute approximate surface area is 171 Å². The highest BCUT2D eigenvalue weighted by molar-refractivity contribution is 6.38. The third-order valence-electron chi connectivity index (χ3n) is 4.48. The SMILES string of the molecule is O=C(Cc1cccc(-c2cccc(O)c2)c1)c1ccc2c(Cl)nnc(Cl)c2c1. The maximum atomic E-state index is 12.8. The van der Waals surface area contributed by atoms with Crippen LogP contribution in [-0.4, -0.2) is 21.1 Å². The number of carbonyl (C=O) groups excluding carboxylic acids is 1. The fraction of sp³-hybridized carbons (Fsp3) is 0.0455. The molecule has 0 radical (unpaired) electrons. The van der Waals surface area contributed by atoms with E-state index in [1.54, 1.807) is 36.4 Å². The van der Waals surface area contributed by atoms with Crippen LogP contribution >= 0.6 is 23.2 Å². The van der Waals surface area contributed by atoms with Gasteiger partial charge < -0.3 is 5.11 Å². The van der Waals surface area contributed by atoms with Crippen molar-refractivity contribution in [1.82, 2.24) is 10.2 Å². The van der Waals surface area contributed by atoms with Gasteiger partial charge in [0.25, 0.3) is 0 Å². The molecule has 1 aromatic heterocycles. The molecule has 0 spiro atoms. The summed E-state index contributed by atoms with van der Waals surface area (Å²) in [4.78, 5) is 12.8. The number of phenols is 1. The molecule has 0 aliphatic carbocycles. The molecule has 4 aromatic rings. The molecule has 138 valence electrons. The molecule has 0 fully saturated rings. The van der Waals surface area contributed by atoms with E-state index < -0.39 is 0 Å². The Kier molecular flexibility index (Phi) is 4.99. The maximum Gasteiger partial charge on any atom is 0.167 e. The summed E-state index contributed by atoms with van der Waals surface area (Å²) in [6.45, 7) is 0. The van der Waals surface area contributed by atoms with E-state index in [9.17, 15) is 9.90 Å². The molecule has 0 aliphatic heterocycles. The van der Waals surface area contributed by atoms with Crippen molar-refractivity contribution in [3.8, 4) is 16.9 Å². The first-order chi connectivity index (χ1) is 13.5. The van der Waals surface area contributed by atoms with E-state index >= 15 is 0 Å². The summed E-state index contributed by atoms with van der Waals surface area (Å²) >= 11 is 12.1. The number of nitrogens with zero attached hydrogens (tertiary/aromatic N) is 2. The molecule has 3 aromatic carbocycles. The normalized spacial score (nSPS) is 10.9. The van der Waals surface area contributed by atoms with Crippen LogP contribution < -0.4 is 0 Å². The lowest BCUT2D eigenvalue weighted by Gasteiger charge is -2.07. The molecule has 0 amide bonds. The van der Waals surface area contributed by atoms with Gasteiger partial charge in [0, 0.05) is 22.8 Å². The van der Waals surface area contributed by atoms with E-state index in [2.05, 4.69) is 10.2 Å². The Hall–Kier alpha value is -2.95. The minimum atomic E-state index is -0.0426. The fourth-order valence-electron chi connectivity index (χ4n) is 3.10. The van der Waals surface area contributed by atoms with Gasteiger partial charge in [-0.05, 0) is 34.9 Å². The number of Topliss-reactive ketones (excluding diaryl/α,β-unsaturated/α-hetero) is 1. The highest BCUT2D eigenvalue weighted by atomic mass is 35.5. The van der Waals surface area contributed by atoms with Crippen LogP contribution in [0.25, 0.3) is 21.9 Å². The standard InChI is InChI=1S/C22H14Cl2N2O2/c23-21-18-8-7-16(12-19(18)22(24)26-25-21)20(28)10-13-3-1-4-14(9-13)15-5-2-6-17(27)11-15/h1-9,11-12,27H,10H2. The Bertz CT molecular complexity index is 1210. The van der Waals surface area contributed by atoms with Gasteiger partial charge in [-0.3, -0.25) is 4.79 Å². The average molecular weight is 409 g/mol. The first kappa shape index (κ1) is 18.4. The lowest BCUT2D eigenvalue weighted by Crippen LogP contribution is -2.04. The Morgan fingerprint density at radius 1 is 0.821 bits per heavy atom. The summed E-state index contributed by atoms with van der Waals surface area (Å²) in [5.74, 6) is 0.160. The van der Waals surface area contributed by atoms with Crippen LogP contribution in [0, 0.1) is 0 Å². The number of hydrogen-bond acceptors (Lipinski definition) is 4. The van der Waals surface area contributed by atoms with Crippen molar-refractivity contribution in [1.29, 1.82) is 0 Å². The van der Waals surface area contributed by atoms with Gasteiger partial charge in [-0.15, -0.1) is 10.2 Å². The molecule has 6 heteroatoms. The molecule has 0 unspecified atom stereocenters. The number of fused-ring (bicyclic) bond motifs is 1. The molecule has 0 saturated carbocycles. The van der Waals surface area contributed by atoms with E-state index in [0.717, 1.165) is 16.7 Å². The molecule has 1 N–H and O–H groups in total. The van der Waals surface area contributed by atoms with Gasteiger partial charge in [0.1, 0.15) is 5.75 Å². The molecule has 4 rings (SSSR count). The van der Waals surface area contributed by atoms with E-state index in [1.165, 1.54) is 0 Å². The van der Waals surface area contributed by atoms with E-state index in [1.807, 2.05) is 30.3 Å². The second-order valence-corrected chi connectivity index (χ2v) is 7.11. The number of aromatic nitrogens is 2. The second-order valence-electron chi connectivity index (χ2n) is 6.39. The molecule has 0 saturated heterocycles.